The summed E-state index contributed by atoms with van der Waals surface area (Å²) >= 11 is 0. The Kier molecular flexibility index (Phi) is 3.79. The van der Waals surface area contributed by atoms with E-state index in [1.54, 1.807) is 0 Å². The number of carbonyl (C=O) groups excluding carboxylic acids is 1. The van der Waals surface area contributed by atoms with Crippen LogP contribution in [0.15, 0.2) is 24.3 Å². The molecule has 1 heterocycles. The van der Waals surface area contributed by atoms with Gasteiger partial charge in [-0.3, -0.25) is 4.79 Å². The van der Waals surface area contributed by atoms with Crippen LogP contribution in [0.25, 0.3) is 0 Å². The number of aryl methyl sites for hydroxylation is 1. The summed E-state index contributed by atoms with van der Waals surface area (Å²) in [5, 5.41) is 0. The largest absolute Gasteiger partial charge is 0.336 e. The lowest BCUT2D eigenvalue weighted by molar-refractivity contribution is -0.131. The molecule has 0 saturated carbocycles. The number of hydrogen-bond donors (Lipinski definition) is 1. The van der Waals surface area contributed by atoms with Crippen molar-refractivity contribution in [1.82, 2.24) is 4.90 Å². The Morgan fingerprint density at radius 3 is 3.06 bits per heavy atom. The summed E-state index contributed by atoms with van der Waals surface area (Å²) in [5.74, 6) is 0.191. The zero-order chi connectivity index (χ0) is 12.3. The number of rotatable bonds is 3. The fourth-order valence-electron chi connectivity index (χ4n) is 2.56. The van der Waals surface area contributed by atoms with Crippen LogP contribution in [0.5, 0.6) is 0 Å². The van der Waals surface area contributed by atoms with E-state index in [2.05, 4.69) is 31.2 Å². The Hall–Kier alpha value is -1.35. The smallest absolute Gasteiger partial charge is 0.224 e. The lowest BCUT2D eigenvalue weighted by Crippen LogP contribution is -2.31. The monoisotopic (exact) mass is 232 g/mol. The minimum atomic E-state index is 0.191. The van der Waals surface area contributed by atoms with Gasteiger partial charge in [0, 0.05) is 19.5 Å². The first-order valence-corrected chi connectivity index (χ1v) is 6.28. The average Bonchev–Trinajstić information content (AvgIpc) is 2.78. The van der Waals surface area contributed by atoms with Crippen LogP contribution in [0, 0.1) is 6.92 Å². The Bertz CT molecular complexity index is 403. The van der Waals surface area contributed by atoms with E-state index in [1.807, 2.05) is 4.90 Å². The summed E-state index contributed by atoms with van der Waals surface area (Å²) in [6, 6.07) is 8.71. The first kappa shape index (κ1) is 12.1. The number of nitrogens with two attached hydrogens (primary N) is 1. The molecule has 0 aliphatic carbocycles. The molecule has 1 aromatic carbocycles. The van der Waals surface area contributed by atoms with E-state index < -0.39 is 0 Å². The molecule has 0 aromatic heterocycles. The molecule has 1 aliphatic rings. The van der Waals surface area contributed by atoms with Crippen LogP contribution < -0.4 is 5.73 Å². The molecule has 1 aliphatic heterocycles. The van der Waals surface area contributed by atoms with E-state index in [1.165, 1.54) is 11.1 Å². The second-order valence-electron chi connectivity index (χ2n) is 4.70. The van der Waals surface area contributed by atoms with Crippen molar-refractivity contribution in [1.29, 1.82) is 0 Å². The van der Waals surface area contributed by atoms with E-state index in [-0.39, 0.29) is 11.9 Å². The zero-order valence-corrected chi connectivity index (χ0v) is 10.4. The molecule has 1 atom stereocenters. The third-order valence-corrected chi connectivity index (χ3v) is 3.36. The van der Waals surface area contributed by atoms with Crippen LogP contribution in [0.1, 0.15) is 36.4 Å². The van der Waals surface area contributed by atoms with Crippen molar-refractivity contribution in [3.8, 4) is 0 Å². The van der Waals surface area contributed by atoms with E-state index in [0.29, 0.717) is 13.0 Å². The highest BCUT2D eigenvalue weighted by Crippen LogP contribution is 2.32. The fourth-order valence-corrected chi connectivity index (χ4v) is 2.56. The minimum absolute atomic E-state index is 0.191. The standard InChI is InChI=1S/C14H20N2O/c1-11-4-2-5-12(10-11)13-6-3-9-16(13)14(17)7-8-15/h2,4-5,10,13H,3,6-9,15H2,1H3. The first-order valence-electron chi connectivity index (χ1n) is 6.28. The van der Waals surface area contributed by atoms with Gasteiger partial charge in [0.2, 0.25) is 5.91 Å². The van der Waals surface area contributed by atoms with Crippen LogP contribution >= 0.6 is 0 Å². The van der Waals surface area contributed by atoms with Gasteiger partial charge >= 0.3 is 0 Å². The number of nitrogens with zero attached hydrogens (tertiary/aromatic N) is 1. The summed E-state index contributed by atoms with van der Waals surface area (Å²) in [4.78, 5) is 13.9. The average molecular weight is 232 g/mol. The second-order valence-corrected chi connectivity index (χ2v) is 4.70. The molecule has 2 N–H and O–H groups in total. The third kappa shape index (κ3) is 2.67. The maximum atomic E-state index is 12.0. The molecule has 17 heavy (non-hydrogen) atoms. The molecule has 92 valence electrons. The summed E-state index contributed by atoms with van der Waals surface area (Å²) in [6.45, 7) is 3.40. The quantitative estimate of drug-likeness (QED) is 0.866. The Labute approximate surface area is 103 Å². The normalized spacial score (nSPS) is 19.6. The van der Waals surface area contributed by atoms with Gasteiger partial charge in [-0.25, -0.2) is 0 Å². The molecular formula is C14H20N2O. The number of amides is 1. The predicted octanol–water partition coefficient (Wildman–Crippen LogP) is 2.01. The molecule has 3 heteroatoms. The molecule has 1 saturated heterocycles. The number of carbonyl (C=O) groups is 1. The van der Waals surface area contributed by atoms with Gasteiger partial charge < -0.3 is 10.6 Å². The van der Waals surface area contributed by atoms with Gasteiger partial charge in [0.1, 0.15) is 0 Å². The van der Waals surface area contributed by atoms with Crippen molar-refractivity contribution in [3.63, 3.8) is 0 Å². The highest BCUT2D eigenvalue weighted by atomic mass is 16.2. The van der Waals surface area contributed by atoms with Gasteiger partial charge in [-0.2, -0.15) is 0 Å². The summed E-state index contributed by atoms with van der Waals surface area (Å²) in [7, 11) is 0. The molecule has 0 radical (unpaired) electrons. The Morgan fingerprint density at radius 2 is 2.35 bits per heavy atom. The lowest BCUT2D eigenvalue weighted by Gasteiger charge is -2.25. The molecule has 1 amide bonds. The van der Waals surface area contributed by atoms with Crippen LogP contribution in [-0.2, 0) is 4.79 Å². The van der Waals surface area contributed by atoms with Crippen molar-refractivity contribution in [2.24, 2.45) is 5.73 Å². The summed E-state index contributed by atoms with van der Waals surface area (Å²) in [6.07, 6.45) is 2.62. The molecule has 0 bridgehead atoms. The zero-order valence-electron chi connectivity index (χ0n) is 10.4. The van der Waals surface area contributed by atoms with Crippen molar-refractivity contribution >= 4 is 5.91 Å². The van der Waals surface area contributed by atoms with Crippen LogP contribution in [-0.4, -0.2) is 23.9 Å². The van der Waals surface area contributed by atoms with E-state index in [0.717, 1.165) is 19.4 Å². The fraction of sp³-hybridized carbons (Fsp3) is 0.500. The predicted molar refractivity (Wildman–Crippen MR) is 68.5 cm³/mol. The first-order chi connectivity index (χ1) is 8.22. The Morgan fingerprint density at radius 1 is 1.53 bits per heavy atom. The van der Waals surface area contributed by atoms with Crippen molar-refractivity contribution < 1.29 is 4.79 Å². The Balaban J connectivity index is 2.17. The maximum absolute atomic E-state index is 12.0. The number of benzene rings is 1. The number of hydrogen-bond acceptors (Lipinski definition) is 2. The van der Waals surface area contributed by atoms with Crippen LogP contribution in [0.4, 0.5) is 0 Å². The van der Waals surface area contributed by atoms with Gasteiger partial charge in [-0.05, 0) is 25.3 Å². The van der Waals surface area contributed by atoms with Crippen LogP contribution in [0.3, 0.4) is 0 Å². The van der Waals surface area contributed by atoms with E-state index in [4.69, 9.17) is 5.73 Å². The SMILES string of the molecule is Cc1cccc(C2CCCN2C(=O)CCN)c1. The molecule has 1 aromatic rings. The number of likely N-dealkylation sites (tertiary alicyclic amines) is 1. The van der Waals surface area contributed by atoms with Gasteiger partial charge in [0.15, 0.2) is 0 Å². The van der Waals surface area contributed by atoms with E-state index >= 15 is 0 Å². The van der Waals surface area contributed by atoms with Gasteiger partial charge in [0.25, 0.3) is 0 Å². The molecule has 2 rings (SSSR count). The molecular weight excluding hydrogens is 212 g/mol. The van der Waals surface area contributed by atoms with Gasteiger partial charge in [-0.1, -0.05) is 29.8 Å². The molecule has 1 unspecified atom stereocenters. The lowest BCUT2D eigenvalue weighted by atomic mass is 10.0. The van der Waals surface area contributed by atoms with Gasteiger partial charge in [0.05, 0.1) is 6.04 Å². The molecule has 1 fully saturated rings. The summed E-state index contributed by atoms with van der Waals surface area (Å²) in [5.41, 5.74) is 7.97. The van der Waals surface area contributed by atoms with Crippen LogP contribution in [0.2, 0.25) is 0 Å². The highest BCUT2D eigenvalue weighted by Gasteiger charge is 2.29. The topological polar surface area (TPSA) is 46.3 Å². The van der Waals surface area contributed by atoms with Gasteiger partial charge in [-0.15, -0.1) is 0 Å². The second kappa shape index (κ2) is 5.32. The van der Waals surface area contributed by atoms with Crippen molar-refractivity contribution in [2.75, 3.05) is 13.1 Å². The minimum Gasteiger partial charge on any atom is -0.336 e. The van der Waals surface area contributed by atoms with Crippen molar-refractivity contribution in [3.05, 3.63) is 35.4 Å². The molecule has 0 spiro atoms. The van der Waals surface area contributed by atoms with E-state index in [9.17, 15) is 4.79 Å². The molecule has 3 nitrogen and oxygen atoms in total. The van der Waals surface area contributed by atoms with Crippen molar-refractivity contribution in [2.45, 2.75) is 32.2 Å². The summed E-state index contributed by atoms with van der Waals surface area (Å²) < 4.78 is 0. The third-order valence-electron chi connectivity index (χ3n) is 3.36. The maximum Gasteiger partial charge on any atom is 0.224 e. The highest BCUT2D eigenvalue weighted by molar-refractivity contribution is 5.77.